The van der Waals surface area contributed by atoms with E-state index in [1.807, 2.05) is 20.8 Å². The van der Waals surface area contributed by atoms with E-state index in [2.05, 4.69) is 0 Å². The first-order valence-corrected chi connectivity index (χ1v) is 12.4. The minimum Gasteiger partial charge on any atom is -0.461 e. The van der Waals surface area contributed by atoms with Crippen molar-refractivity contribution in [3.05, 3.63) is 52.8 Å². The molecule has 0 saturated heterocycles. The molecule has 1 aromatic carbocycles. The highest BCUT2D eigenvalue weighted by molar-refractivity contribution is 7.89. The van der Waals surface area contributed by atoms with Gasteiger partial charge in [0.25, 0.3) is 0 Å². The summed E-state index contributed by atoms with van der Waals surface area (Å²) in [6.07, 6.45) is 0.626. The molecule has 7 nitrogen and oxygen atoms in total. The number of carbonyl (C=O) groups excluding carboxylic acids is 2. The minimum absolute atomic E-state index is 0.156. The first-order valence-electron chi connectivity index (χ1n) is 11.0. The van der Waals surface area contributed by atoms with Crippen LogP contribution in [0.4, 0.5) is 0 Å². The number of nitrogens with zero attached hydrogens (tertiary/aromatic N) is 2. The second-order valence-corrected chi connectivity index (χ2v) is 10.1. The van der Waals surface area contributed by atoms with Crippen LogP contribution in [0.15, 0.2) is 35.2 Å². The Bertz CT molecular complexity index is 1060. The number of hydrogen-bond acceptors (Lipinski definition) is 5. The van der Waals surface area contributed by atoms with Gasteiger partial charge >= 0.3 is 5.97 Å². The smallest absolute Gasteiger partial charge is 0.355 e. The number of benzene rings is 1. The number of esters is 1. The fourth-order valence-corrected chi connectivity index (χ4v) is 5.26. The van der Waals surface area contributed by atoms with Gasteiger partial charge in [-0.3, -0.25) is 4.79 Å². The van der Waals surface area contributed by atoms with Crippen molar-refractivity contribution in [1.82, 2.24) is 8.87 Å². The number of ketones is 1. The van der Waals surface area contributed by atoms with Gasteiger partial charge in [0, 0.05) is 24.3 Å². The number of aromatic nitrogens is 1. The molecule has 0 amide bonds. The highest BCUT2D eigenvalue weighted by Crippen LogP contribution is 2.25. The number of Topliss-reactive ketones (excluding diaryl/α,β-unsaturated/α-hetero) is 1. The van der Waals surface area contributed by atoms with E-state index in [-0.39, 0.29) is 36.3 Å². The molecule has 0 aliphatic heterocycles. The number of ether oxygens (including phenoxy) is 1. The summed E-state index contributed by atoms with van der Waals surface area (Å²) in [5.74, 6) is -0.540. The maximum atomic E-state index is 13.4. The zero-order valence-electron chi connectivity index (χ0n) is 19.8. The lowest BCUT2D eigenvalue weighted by Crippen LogP contribution is -2.37. The third-order valence-corrected chi connectivity index (χ3v) is 7.35. The second kappa shape index (κ2) is 10.9. The minimum atomic E-state index is -3.85. The van der Waals surface area contributed by atoms with Crippen molar-refractivity contribution in [2.75, 3.05) is 19.7 Å². The lowest BCUT2D eigenvalue weighted by atomic mass is 10.1. The molecule has 8 heteroatoms. The number of hydrogen-bond donors (Lipinski definition) is 0. The average Bonchev–Trinajstić information content (AvgIpc) is 3.00. The van der Waals surface area contributed by atoms with Crippen molar-refractivity contribution >= 4 is 21.8 Å². The van der Waals surface area contributed by atoms with Crippen LogP contribution in [-0.2, 0) is 21.3 Å². The lowest BCUT2D eigenvalue weighted by molar-refractivity contribution is 0.0512. The molecule has 0 atom stereocenters. The number of sulfonamides is 1. The molecule has 32 heavy (non-hydrogen) atoms. The van der Waals surface area contributed by atoms with Gasteiger partial charge in [0.2, 0.25) is 10.0 Å². The Balaban J connectivity index is 2.47. The molecule has 1 heterocycles. The molecular formula is C24H34N2O5S. The summed E-state index contributed by atoms with van der Waals surface area (Å²) >= 11 is 0. The quantitative estimate of drug-likeness (QED) is 0.369. The van der Waals surface area contributed by atoms with Crippen LogP contribution in [0.25, 0.3) is 0 Å². The van der Waals surface area contributed by atoms with Crippen molar-refractivity contribution in [3.63, 3.8) is 0 Å². The summed E-state index contributed by atoms with van der Waals surface area (Å²) < 4.78 is 34.8. The van der Waals surface area contributed by atoms with Gasteiger partial charge in [-0.2, -0.15) is 4.31 Å². The zero-order valence-corrected chi connectivity index (χ0v) is 20.7. The van der Waals surface area contributed by atoms with Gasteiger partial charge in [-0.05, 0) is 57.7 Å². The molecule has 2 rings (SSSR count). The average molecular weight is 463 g/mol. The van der Waals surface area contributed by atoms with E-state index in [0.717, 1.165) is 0 Å². The van der Waals surface area contributed by atoms with E-state index in [0.29, 0.717) is 35.5 Å². The summed E-state index contributed by atoms with van der Waals surface area (Å²) in [4.78, 5) is 26.1. The molecule has 0 N–H and O–H groups in total. The molecule has 0 saturated carbocycles. The number of rotatable bonds is 11. The largest absolute Gasteiger partial charge is 0.461 e. The van der Waals surface area contributed by atoms with E-state index in [1.54, 1.807) is 43.5 Å². The van der Waals surface area contributed by atoms with Gasteiger partial charge < -0.3 is 9.30 Å². The normalized spacial score (nSPS) is 11.9. The van der Waals surface area contributed by atoms with Crippen molar-refractivity contribution < 1.29 is 22.7 Å². The maximum absolute atomic E-state index is 13.4. The lowest BCUT2D eigenvalue weighted by Gasteiger charge is -2.22. The topological polar surface area (TPSA) is 85.7 Å². The van der Waals surface area contributed by atoms with Crippen LogP contribution in [0.3, 0.4) is 0 Å². The van der Waals surface area contributed by atoms with Crippen LogP contribution in [0, 0.1) is 19.8 Å². The molecule has 0 fully saturated rings. The maximum Gasteiger partial charge on any atom is 0.355 e. The SMILES string of the molecule is CCOC(=O)c1c(C)c(C(=O)CN(CCC(C)C)S(=O)(=O)c2ccccc2)c(C)n1CC. The number of carbonyl (C=O) groups is 2. The summed E-state index contributed by atoms with van der Waals surface area (Å²) in [6, 6.07) is 8.14. The molecule has 0 aliphatic rings. The molecule has 0 unspecified atom stereocenters. The van der Waals surface area contributed by atoms with E-state index >= 15 is 0 Å². The molecule has 2 aromatic rings. The Morgan fingerprint density at radius 1 is 1.09 bits per heavy atom. The molecule has 0 radical (unpaired) electrons. The van der Waals surface area contributed by atoms with Gasteiger partial charge in [-0.15, -0.1) is 0 Å². The zero-order chi connectivity index (χ0) is 24.1. The van der Waals surface area contributed by atoms with Gasteiger partial charge in [-0.25, -0.2) is 13.2 Å². The van der Waals surface area contributed by atoms with Crippen molar-refractivity contribution in [2.45, 2.75) is 59.4 Å². The molecule has 0 spiro atoms. The Morgan fingerprint density at radius 3 is 2.25 bits per heavy atom. The summed E-state index contributed by atoms with van der Waals surface area (Å²) in [6.45, 7) is 11.8. The van der Waals surface area contributed by atoms with E-state index in [4.69, 9.17) is 4.74 Å². The van der Waals surface area contributed by atoms with Crippen LogP contribution in [-0.4, -0.2) is 48.7 Å². The molecular weight excluding hydrogens is 428 g/mol. The van der Waals surface area contributed by atoms with Crippen molar-refractivity contribution in [2.24, 2.45) is 5.92 Å². The molecule has 0 bridgehead atoms. The van der Waals surface area contributed by atoms with E-state index in [1.165, 1.54) is 16.4 Å². The van der Waals surface area contributed by atoms with Crippen LogP contribution in [0.5, 0.6) is 0 Å². The first kappa shape index (κ1) is 25.8. The Kier molecular flexibility index (Phi) is 8.81. The van der Waals surface area contributed by atoms with E-state index < -0.39 is 16.0 Å². The predicted molar refractivity (Wildman–Crippen MR) is 125 cm³/mol. The predicted octanol–water partition coefficient (Wildman–Crippen LogP) is 4.22. The third kappa shape index (κ3) is 5.48. The van der Waals surface area contributed by atoms with Gasteiger partial charge in [-0.1, -0.05) is 32.0 Å². The fraction of sp³-hybridized carbons (Fsp3) is 0.500. The van der Waals surface area contributed by atoms with Crippen molar-refractivity contribution in [1.29, 1.82) is 0 Å². The molecule has 0 aliphatic carbocycles. The monoisotopic (exact) mass is 462 g/mol. The molecule has 176 valence electrons. The van der Waals surface area contributed by atoms with Crippen LogP contribution in [0.1, 0.15) is 66.2 Å². The first-order chi connectivity index (χ1) is 15.1. The van der Waals surface area contributed by atoms with Gasteiger partial charge in [0.15, 0.2) is 5.78 Å². The Hall–Kier alpha value is -2.45. The van der Waals surface area contributed by atoms with E-state index in [9.17, 15) is 18.0 Å². The third-order valence-electron chi connectivity index (χ3n) is 5.49. The standard InChI is InChI=1S/C24H34N2O5S/c1-7-26-19(6)22(18(5)23(26)24(28)31-8-2)21(27)16-25(15-14-17(3)4)32(29,30)20-12-10-9-11-13-20/h9-13,17H,7-8,14-16H2,1-6H3. The van der Waals surface area contributed by atoms with Crippen LogP contribution < -0.4 is 0 Å². The van der Waals surface area contributed by atoms with Crippen LogP contribution >= 0.6 is 0 Å². The summed E-state index contributed by atoms with van der Waals surface area (Å²) in [5, 5.41) is 0. The highest BCUT2D eigenvalue weighted by Gasteiger charge is 2.31. The summed E-state index contributed by atoms with van der Waals surface area (Å²) in [7, 11) is -3.85. The highest BCUT2D eigenvalue weighted by atomic mass is 32.2. The molecule has 1 aromatic heterocycles. The Labute approximate surface area is 191 Å². The van der Waals surface area contributed by atoms with Crippen molar-refractivity contribution in [3.8, 4) is 0 Å². The van der Waals surface area contributed by atoms with Crippen LogP contribution in [0.2, 0.25) is 0 Å². The summed E-state index contributed by atoms with van der Waals surface area (Å²) in [5.41, 5.74) is 1.88. The van der Waals surface area contributed by atoms with Gasteiger partial charge in [0.1, 0.15) is 5.69 Å². The second-order valence-electron chi connectivity index (χ2n) is 8.16. The Morgan fingerprint density at radius 2 is 1.72 bits per heavy atom. The van der Waals surface area contributed by atoms with Gasteiger partial charge in [0.05, 0.1) is 18.0 Å². The fourth-order valence-electron chi connectivity index (χ4n) is 3.83.